The molecular formula is C23H37N3O3. The van der Waals surface area contributed by atoms with Gasteiger partial charge in [0.25, 0.3) is 5.91 Å². The lowest BCUT2D eigenvalue weighted by atomic mass is 9.89. The number of hydrogen-bond acceptors (Lipinski definition) is 3. The van der Waals surface area contributed by atoms with Gasteiger partial charge in [0.2, 0.25) is 0 Å². The van der Waals surface area contributed by atoms with Gasteiger partial charge in [0.15, 0.2) is 0 Å². The van der Waals surface area contributed by atoms with Crippen LogP contribution in [0.1, 0.15) is 82.2 Å². The van der Waals surface area contributed by atoms with Gasteiger partial charge in [-0.05, 0) is 64.5 Å². The predicted octanol–water partition coefficient (Wildman–Crippen LogP) is 4.71. The van der Waals surface area contributed by atoms with Crippen molar-refractivity contribution in [2.45, 2.75) is 77.4 Å². The Labute approximate surface area is 175 Å². The van der Waals surface area contributed by atoms with E-state index in [0.717, 1.165) is 25.1 Å². The van der Waals surface area contributed by atoms with E-state index >= 15 is 0 Å². The van der Waals surface area contributed by atoms with Crippen LogP contribution < -0.4 is 0 Å². The number of ether oxygens (including phenoxy) is 1. The highest BCUT2D eigenvalue weighted by Gasteiger charge is 2.29. The molecule has 2 aliphatic rings. The van der Waals surface area contributed by atoms with Crippen LogP contribution in [0.4, 0.5) is 4.79 Å². The Morgan fingerprint density at radius 2 is 1.76 bits per heavy atom. The maximum absolute atomic E-state index is 13.1. The van der Waals surface area contributed by atoms with Gasteiger partial charge >= 0.3 is 6.09 Å². The van der Waals surface area contributed by atoms with E-state index in [1.807, 2.05) is 51.0 Å². The Morgan fingerprint density at radius 3 is 2.38 bits per heavy atom. The fourth-order valence-corrected chi connectivity index (χ4v) is 4.58. The monoisotopic (exact) mass is 403 g/mol. The van der Waals surface area contributed by atoms with E-state index in [0.29, 0.717) is 19.0 Å². The molecule has 0 aromatic carbocycles. The van der Waals surface area contributed by atoms with Gasteiger partial charge < -0.3 is 19.1 Å². The van der Waals surface area contributed by atoms with E-state index in [4.69, 9.17) is 4.74 Å². The Bertz CT molecular complexity index is 692. The molecule has 1 aromatic rings. The Kier molecular flexibility index (Phi) is 6.91. The normalized spacial score (nSPS) is 19.2. The van der Waals surface area contributed by atoms with Gasteiger partial charge in [0, 0.05) is 38.9 Å². The van der Waals surface area contributed by atoms with Crippen molar-refractivity contribution < 1.29 is 14.3 Å². The summed E-state index contributed by atoms with van der Waals surface area (Å²) < 4.78 is 7.61. The molecule has 0 N–H and O–H groups in total. The summed E-state index contributed by atoms with van der Waals surface area (Å²) in [7, 11) is 1.93. The maximum Gasteiger partial charge on any atom is 0.410 e. The molecule has 1 aliphatic heterocycles. The summed E-state index contributed by atoms with van der Waals surface area (Å²) in [6, 6.07) is 4.13. The minimum absolute atomic E-state index is 0.107. The van der Waals surface area contributed by atoms with Crippen LogP contribution in [-0.2, 0) is 4.74 Å². The van der Waals surface area contributed by atoms with E-state index < -0.39 is 5.60 Å². The standard InChI is InChI=1S/C23H37N3O3/c1-23(2,3)29-22(28)25-15-12-19(13-16-25)26-14-8-11-20(26)21(27)24(4)17-18-9-6-5-7-10-18/h8,11,14,18-19H,5-7,9-10,12-13,15-17H2,1-4H3. The van der Waals surface area contributed by atoms with E-state index in [1.165, 1.54) is 32.1 Å². The molecule has 0 unspecified atom stereocenters. The summed E-state index contributed by atoms with van der Waals surface area (Å²) in [6.07, 6.45) is 9.82. The molecule has 1 saturated carbocycles. The number of carbonyl (C=O) groups is 2. The quantitative estimate of drug-likeness (QED) is 0.731. The van der Waals surface area contributed by atoms with Crippen LogP contribution in [0.3, 0.4) is 0 Å². The number of aromatic nitrogens is 1. The third-order valence-corrected chi connectivity index (χ3v) is 6.11. The summed E-state index contributed by atoms with van der Waals surface area (Å²) in [6.45, 7) is 7.82. The average molecular weight is 404 g/mol. The van der Waals surface area contributed by atoms with Crippen molar-refractivity contribution in [1.29, 1.82) is 0 Å². The smallest absolute Gasteiger partial charge is 0.410 e. The first kappa shape index (κ1) is 21.7. The molecule has 1 aromatic heterocycles. The topological polar surface area (TPSA) is 54.8 Å². The van der Waals surface area contributed by atoms with Gasteiger partial charge in [-0.3, -0.25) is 4.79 Å². The van der Waals surface area contributed by atoms with Crippen LogP contribution >= 0.6 is 0 Å². The minimum atomic E-state index is -0.475. The second-order valence-electron chi connectivity index (χ2n) is 9.69. The highest BCUT2D eigenvalue weighted by Crippen LogP contribution is 2.27. The molecule has 29 heavy (non-hydrogen) atoms. The van der Waals surface area contributed by atoms with E-state index in [2.05, 4.69) is 4.57 Å². The number of nitrogens with zero attached hydrogens (tertiary/aromatic N) is 3. The van der Waals surface area contributed by atoms with Crippen LogP contribution in [-0.4, -0.2) is 58.7 Å². The Hall–Kier alpha value is -1.98. The van der Waals surface area contributed by atoms with Gasteiger partial charge in [0.05, 0.1) is 0 Å². The lowest BCUT2D eigenvalue weighted by molar-refractivity contribution is 0.0186. The lowest BCUT2D eigenvalue weighted by Gasteiger charge is -2.35. The number of rotatable bonds is 4. The molecule has 3 rings (SSSR count). The number of likely N-dealkylation sites (tertiary alicyclic amines) is 1. The van der Waals surface area contributed by atoms with Crippen molar-refractivity contribution in [1.82, 2.24) is 14.4 Å². The molecule has 6 nitrogen and oxygen atoms in total. The van der Waals surface area contributed by atoms with Crippen molar-refractivity contribution >= 4 is 12.0 Å². The van der Waals surface area contributed by atoms with Crippen LogP contribution in [0.5, 0.6) is 0 Å². The van der Waals surface area contributed by atoms with Crippen LogP contribution in [0.15, 0.2) is 18.3 Å². The van der Waals surface area contributed by atoms with E-state index in [9.17, 15) is 9.59 Å². The summed E-state index contributed by atoms with van der Waals surface area (Å²) in [5, 5.41) is 0. The summed E-state index contributed by atoms with van der Waals surface area (Å²) in [5.41, 5.74) is 0.288. The van der Waals surface area contributed by atoms with Crippen molar-refractivity contribution in [2.24, 2.45) is 5.92 Å². The maximum atomic E-state index is 13.1. The molecule has 0 atom stereocenters. The van der Waals surface area contributed by atoms with Crippen LogP contribution in [0.2, 0.25) is 0 Å². The second-order valence-corrected chi connectivity index (χ2v) is 9.69. The lowest BCUT2D eigenvalue weighted by Crippen LogP contribution is -2.42. The highest BCUT2D eigenvalue weighted by molar-refractivity contribution is 5.92. The van der Waals surface area contributed by atoms with Crippen molar-refractivity contribution in [3.05, 3.63) is 24.0 Å². The van der Waals surface area contributed by atoms with Gasteiger partial charge in [-0.25, -0.2) is 4.79 Å². The van der Waals surface area contributed by atoms with Crippen molar-refractivity contribution in [3.63, 3.8) is 0 Å². The van der Waals surface area contributed by atoms with Crippen molar-refractivity contribution in [2.75, 3.05) is 26.7 Å². The second kappa shape index (κ2) is 9.23. The van der Waals surface area contributed by atoms with Crippen LogP contribution in [0.25, 0.3) is 0 Å². The number of carbonyl (C=O) groups excluding carboxylic acids is 2. The molecule has 1 saturated heterocycles. The third kappa shape index (κ3) is 5.77. The fraction of sp³-hybridized carbons (Fsp3) is 0.739. The zero-order chi connectivity index (χ0) is 21.0. The molecule has 0 bridgehead atoms. The minimum Gasteiger partial charge on any atom is -0.444 e. The molecule has 2 fully saturated rings. The molecule has 2 amide bonds. The summed E-state index contributed by atoms with van der Waals surface area (Å²) >= 11 is 0. The molecule has 2 heterocycles. The first-order valence-corrected chi connectivity index (χ1v) is 11.1. The van der Waals surface area contributed by atoms with Gasteiger partial charge in [-0.2, -0.15) is 0 Å². The zero-order valence-electron chi connectivity index (χ0n) is 18.5. The Morgan fingerprint density at radius 1 is 1.10 bits per heavy atom. The molecule has 1 aliphatic carbocycles. The fourth-order valence-electron chi connectivity index (χ4n) is 4.58. The molecule has 0 spiro atoms. The zero-order valence-corrected chi connectivity index (χ0v) is 18.5. The third-order valence-electron chi connectivity index (χ3n) is 6.11. The van der Waals surface area contributed by atoms with Gasteiger partial charge in [-0.15, -0.1) is 0 Å². The average Bonchev–Trinajstić information content (AvgIpc) is 3.16. The summed E-state index contributed by atoms with van der Waals surface area (Å²) in [4.78, 5) is 29.1. The number of piperidine rings is 1. The van der Waals surface area contributed by atoms with Crippen molar-refractivity contribution in [3.8, 4) is 0 Å². The van der Waals surface area contributed by atoms with E-state index in [1.54, 1.807) is 4.90 Å². The molecular weight excluding hydrogens is 366 g/mol. The largest absolute Gasteiger partial charge is 0.444 e. The molecule has 6 heteroatoms. The summed E-state index contributed by atoms with van der Waals surface area (Å²) in [5.74, 6) is 0.744. The first-order chi connectivity index (χ1) is 13.7. The predicted molar refractivity (Wildman–Crippen MR) is 114 cm³/mol. The first-order valence-electron chi connectivity index (χ1n) is 11.1. The highest BCUT2D eigenvalue weighted by atomic mass is 16.6. The van der Waals surface area contributed by atoms with Crippen LogP contribution in [0, 0.1) is 5.92 Å². The number of amides is 2. The van der Waals surface area contributed by atoms with Gasteiger partial charge in [0.1, 0.15) is 11.3 Å². The molecule has 0 radical (unpaired) electrons. The SMILES string of the molecule is CN(CC1CCCCC1)C(=O)c1cccn1C1CCN(C(=O)OC(C)(C)C)CC1. The van der Waals surface area contributed by atoms with Gasteiger partial charge in [-0.1, -0.05) is 19.3 Å². The van der Waals surface area contributed by atoms with E-state index in [-0.39, 0.29) is 18.0 Å². The Balaban J connectivity index is 1.57. The number of hydrogen-bond donors (Lipinski definition) is 0. The molecule has 162 valence electrons.